The Bertz CT molecular complexity index is 894. The number of hydrogen-bond donors (Lipinski definition) is 1. The van der Waals surface area contributed by atoms with Crippen LogP contribution in [0, 0.1) is 10.1 Å². The summed E-state index contributed by atoms with van der Waals surface area (Å²) in [6.07, 6.45) is 3.11. The Labute approximate surface area is 141 Å². The first-order valence-electron chi connectivity index (χ1n) is 7.35. The van der Waals surface area contributed by atoms with Crippen molar-refractivity contribution in [2.24, 2.45) is 0 Å². The number of hydrogen-bond acceptors (Lipinski definition) is 7. The highest BCUT2D eigenvalue weighted by molar-refractivity contribution is 5.79. The number of nitro groups is 1. The second-order valence-corrected chi connectivity index (χ2v) is 5.09. The number of benzene rings is 1. The van der Waals surface area contributed by atoms with Gasteiger partial charge in [0.15, 0.2) is 0 Å². The molecule has 0 atom stereocenters. The smallest absolute Gasteiger partial charge is 0.273 e. The van der Waals surface area contributed by atoms with Crippen LogP contribution in [0.4, 0.5) is 5.69 Å². The molecule has 0 fully saturated rings. The second-order valence-electron chi connectivity index (χ2n) is 5.09. The Kier molecular flexibility index (Phi) is 4.74. The SMILES string of the molecule is O=C(Cc1ccccc1[N+](=O)[O-])NCc1nc(-c2ccncc2)no1. The number of amides is 1. The summed E-state index contributed by atoms with van der Waals surface area (Å²) < 4.78 is 5.08. The zero-order chi connectivity index (χ0) is 17.6. The molecule has 1 N–H and O–H groups in total. The molecule has 3 rings (SSSR count). The largest absolute Gasteiger partial charge is 0.347 e. The van der Waals surface area contributed by atoms with E-state index in [9.17, 15) is 14.9 Å². The summed E-state index contributed by atoms with van der Waals surface area (Å²) in [4.78, 5) is 30.5. The first-order valence-corrected chi connectivity index (χ1v) is 7.35. The highest BCUT2D eigenvalue weighted by atomic mass is 16.6. The van der Waals surface area contributed by atoms with Crippen molar-refractivity contribution < 1.29 is 14.2 Å². The van der Waals surface area contributed by atoms with Gasteiger partial charge in [-0.2, -0.15) is 4.98 Å². The minimum Gasteiger partial charge on any atom is -0.347 e. The van der Waals surface area contributed by atoms with E-state index in [1.54, 1.807) is 42.7 Å². The number of nitrogens with one attached hydrogen (secondary N) is 1. The molecule has 0 aliphatic carbocycles. The summed E-state index contributed by atoms with van der Waals surface area (Å²) in [5.74, 6) is 0.256. The van der Waals surface area contributed by atoms with Crippen LogP contribution < -0.4 is 5.32 Å². The van der Waals surface area contributed by atoms with E-state index < -0.39 is 4.92 Å². The number of nitro benzene ring substituents is 1. The third-order valence-electron chi connectivity index (χ3n) is 3.38. The van der Waals surface area contributed by atoms with Gasteiger partial charge in [0.25, 0.3) is 5.69 Å². The van der Waals surface area contributed by atoms with Crippen molar-refractivity contribution in [1.29, 1.82) is 0 Å². The fourth-order valence-corrected chi connectivity index (χ4v) is 2.19. The van der Waals surface area contributed by atoms with E-state index in [0.717, 1.165) is 5.56 Å². The van der Waals surface area contributed by atoms with Gasteiger partial charge in [-0.25, -0.2) is 0 Å². The average Bonchev–Trinajstić information content (AvgIpc) is 3.10. The molecule has 9 heteroatoms. The summed E-state index contributed by atoms with van der Waals surface area (Å²) in [5.41, 5.74) is 1.000. The molecule has 2 heterocycles. The highest BCUT2D eigenvalue weighted by Gasteiger charge is 2.16. The Hall–Kier alpha value is -3.62. The van der Waals surface area contributed by atoms with Crippen LogP contribution in [0.25, 0.3) is 11.4 Å². The Morgan fingerprint density at radius 3 is 2.72 bits per heavy atom. The van der Waals surface area contributed by atoms with E-state index in [2.05, 4.69) is 20.4 Å². The van der Waals surface area contributed by atoms with Crippen molar-refractivity contribution in [1.82, 2.24) is 20.4 Å². The van der Waals surface area contributed by atoms with Crippen LogP contribution in [0.1, 0.15) is 11.5 Å². The molecule has 0 saturated heterocycles. The predicted molar refractivity (Wildman–Crippen MR) is 86.2 cm³/mol. The Morgan fingerprint density at radius 2 is 1.96 bits per heavy atom. The molecule has 1 amide bonds. The summed E-state index contributed by atoms with van der Waals surface area (Å²) >= 11 is 0. The maximum absolute atomic E-state index is 12.0. The van der Waals surface area contributed by atoms with E-state index in [4.69, 9.17) is 4.52 Å². The van der Waals surface area contributed by atoms with Gasteiger partial charge < -0.3 is 9.84 Å². The molecule has 0 bridgehead atoms. The van der Waals surface area contributed by atoms with E-state index in [0.29, 0.717) is 11.4 Å². The molecule has 0 aliphatic rings. The zero-order valence-electron chi connectivity index (χ0n) is 13.0. The van der Waals surface area contributed by atoms with Gasteiger partial charge in [-0.15, -0.1) is 0 Å². The first-order chi connectivity index (χ1) is 12.1. The number of aromatic nitrogens is 3. The van der Waals surface area contributed by atoms with E-state index >= 15 is 0 Å². The van der Waals surface area contributed by atoms with Crippen molar-refractivity contribution in [3.63, 3.8) is 0 Å². The zero-order valence-corrected chi connectivity index (χ0v) is 13.0. The van der Waals surface area contributed by atoms with Gasteiger partial charge in [-0.3, -0.25) is 19.9 Å². The van der Waals surface area contributed by atoms with E-state index in [1.165, 1.54) is 6.07 Å². The maximum Gasteiger partial charge on any atom is 0.273 e. The Balaban J connectivity index is 1.60. The third kappa shape index (κ3) is 4.02. The number of carbonyl (C=O) groups excluding carboxylic acids is 1. The van der Waals surface area contributed by atoms with E-state index in [1.807, 2.05) is 0 Å². The highest BCUT2D eigenvalue weighted by Crippen LogP contribution is 2.18. The normalized spacial score (nSPS) is 10.4. The summed E-state index contributed by atoms with van der Waals surface area (Å²) in [6.45, 7) is 0.0392. The van der Waals surface area contributed by atoms with Crippen molar-refractivity contribution in [2.75, 3.05) is 0 Å². The molecule has 0 spiro atoms. The lowest BCUT2D eigenvalue weighted by Gasteiger charge is -2.03. The monoisotopic (exact) mass is 339 g/mol. The molecule has 126 valence electrons. The fourth-order valence-electron chi connectivity index (χ4n) is 2.19. The van der Waals surface area contributed by atoms with Crippen LogP contribution >= 0.6 is 0 Å². The van der Waals surface area contributed by atoms with Crippen LogP contribution in [0.2, 0.25) is 0 Å². The summed E-state index contributed by atoms with van der Waals surface area (Å²) in [7, 11) is 0. The molecule has 0 radical (unpaired) electrons. The summed E-state index contributed by atoms with van der Waals surface area (Å²) in [5, 5.41) is 17.4. The van der Waals surface area contributed by atoms with E-state index in [-0.39, 0.29) is 30.5 Å². The molecule has 3 aromatic rings. The molecule has 0 saturated carbocycles. The van der Waals surface area contributed by atoms with Crippen LogP contribution in [0.5, 0.6) is 0 Å². The molecule has 1 aromatic carbocycles. The fraction of sp³-hybridized carbons (Fsp3) is 0.125. The molecular weight excluding hydrogens is 326 g/mol. The van der Waals surface area contributed by atoms with Crippen LogP contribution in [0.3, 0.4) is 0 Å². The standard InChI is InChI=1S/C16H13N5O4/c22-14(9-12-3-1-2-4-13(12)21(23)24)18-10-15-19-16(20-25-15)11-5-7-17-8-6-11/h1-8H,9-10H2,(H,18,22). The number of nitrogens with zero attached hydrogens (tertiary/aromatic N) is 4. The van der Waals surface area contributed by atoms with Crippen LogP contribution in [-0.4, -0.2) is 26.0 Å². The minimum atomic E-state index is -0.512. The molecule has 9 nitrogen and oxygen atoms in total. The van der Waals surface area contributed by atoms with Gasteiger partial charge in [0, 0.05) is 29.6 Å². The van der Waals surface area contributed by atoms with Gasteiger partial charge in [0.2, 0.25) is 17.6 Å². The minimum absolute atomic E-state index is 0.0392. The summed E-state index contributed by atoms with van der Waals surface area (Å²) in [6, 6.07) is 9.59. The predicted octanol–water partition coefficient (Wildman–Crippen LogP) is 1.90. The molecule has 0 unspecified atom stereocenters. The molecular formula is C16H13N5O4. The lowest BCUT2D eigenvalue weighted by atomic mass is 10.1. The van der Waals surface area contributed by atoms with Gasteiger partial charge in [0.1, 0.15) is 0 Å². The number of rotatable bonds is 6. The second kappa shape index (κ2) is 7.30. The Morgan fingerprint density at radius 1 is 1.20 bits per heavy atom. The number of pyridine rings is 1. The topological polar surface area (TPSA) is 124 Å². The van der Waals surface area contributed by atoms with Crippen LogP contribution in [-0.2, 0) is 17.8 Å². The first kappa shape index (κ1) is 16.2. The lowest BCUT2D eigenvalue weighted by molar-refractivity contribution is -0.385. The molecule has 2 aromatic heterocycles. The average molecular weight is 339 g/mol. The van der Waals surface area contributed by atoms with Crippen molar-refractivity contribution in [3.8, 4) is 11.4 Å². The van der Waals surface area contributed by atoms with Crippen molar-refractivity contribution in [3.05, 3.63) is 70.4 Å². The lowest BCUT2D eigenvalue weighted by Crippen LogP contribution is -2.25. The van der Waals surface area contributed by atoms with Gasteiger partial charge in [0.05, 0.1) is 17.9 Å². The number of carbonyl (C=O) groups is 1. The quantitative estimate of drug-likeness (QED) is 0.537. The third-order valence-corrected chi connectivity index (χ3v) is 3.38. The van der Waals surface area contributed by atoms with Crippen LogP contribution in [0.15, 0.2) is 53.3 Å². The molecule has 0 aliphatic heterocycles. The maximum atomic E-state index is 12.0. The van der Waals surface area contributed by atoms with Crippen molar-refractivity contribution in [2.45, 2.75) is 13.0 Å². The van der Waals surface area contributed by atoms with Gasteiger partial charge in [-0.1, -0.05) is 23.4 Å². The molecule has 25 heavy (non-hydrogen) atoms. The number of para-hydroxylation sites is 1. The van der Waals surface area contributed by atoms with Gasteiger partial charge >= 0.3 is 0 Å². The van der Waals surface area contributed by atoms with Gasteiger partial charge in [-0.05, 0) is 12.1 Å². The van der Waals surface area contributed by atoms with Crippen molar-refractivity contribution >= 4 is 11.6 Å².